The van der Waals surface area contributed by atoms with Gasteiger partial charge in [0.15, 0.2) is 0 Å². The van der Waals surface area contributed by atoms with E-state index in [0.29, 0.717) is 24.1 Å². The van der Waals surface area contributed by atoms with Crippen LogP contribution in [0.4, 0.5) is 5.69 Å². The number of halogens is 1. The summed E-state index contributed by atoms with van der Waals surface area (Å²) in [4.78, 5) is 25.7. The molecule has 2 aliphatic rings. The molecule has 1 atom stereocenters. The summed E-state index contributed by atoms with van der Waals surface area (Å²) in [5.74, 6) is -0.484. The van der Waals surface area contributed by atoms with Crippen LogP contribution in [0.15, 0.2) is 22.7 Å². The maximum atomic E-state index is 12.1. The van der Waals surface area contributed by atoms with Gasteiger partial charge in [-0.05, 0) is 43.5 Å². The second kappa shape index (κ2) is 5.30. The minimum Gasteiger partial charge on any atom is -0.314 e. The predicted molar refractivity (Wildman–Crippen MR) is 81.0 cm³/mol. The first-order valence-corrected chi connectivity index (χ1v) is 7.74. The number of amides is 1. The Hall–Kier alpha value is -1.20. The standard InChI is InChI=1S/C15H17BrN2O2/c1-9(7-17-11-3-4-11)8-18-13-5-2-10(16)6-12(13)14(19)15(18)20/h2,5-6,9,11,17H,3-4,7-8H2,1H3. The molecule has 1 saturated carbocycles. The van der Waals surface area contributed by atoms with E-state index >= 15 is 0 Å². The van der Waals surface area contributed by atoms with Crippen LogP contribution in [0.1, 0.15) is 30.1 Å². The van der Waals surface area contributed by atoms with E-state index in [9.17, 15) is 9.59 Å². The van der Waals surface area contributed by atoms with Crippen molar-refractivity contribution in [3.63, 3.8) is 0 Å². The molecule has 1 heterocycles. The number of benzene rings is 1. The second-order valence-electron chi connectivity index (χ2n) is 5.69. The molecule has 3 rings (SSSR count). The lowest BCUT2D eigenvalue weighted by Gasteiger charge is -2.21. The van der Waals surface area contributed by atoms with Crippen molar-refractivity contribution in [3.05, 3.63) is 28.2 Å². The van der Waals surface area contributed by atoms with E-state index in [-0.39, 0.29) is 0 Å². The second-order valence-corrected chi connectivity index (χ2v) is 6.61. The average Bonchev–Trinajstić information content (AvgIpc) is 3.22. The quantitative estimate of drug-likeness (QED) is 0.840. The smallest absolute Gasteiger partial charge is 0.299 e. The summed E-state index contributed by atoms with van der Waals surface area (Å²) in [7, 11) is 0. The molecule has 5 heteroatoms. The Morgan fingerprint density at radius 3 is 2.85 bits per heavy atom. The number of carbonyl (C=O) groups is 2. The zero-order chi connectivity index (χ0) is 14.3. The summed E-state index contributed by atoms with van der Waals surface area (Å²) >= 11 is 3.34. The van der Waals surface area contributed by atoms with Crippen LogP contribution in [0.3, 0.4) is 0 Å². The fraction of sp³-hybridized carbons (Fsp3) is 0.467. The van der Waals surface area contributed by atoms with Gasteiger partial charge in [0.05, 0.1) is 11.3 Å². The normalized spacial score (nSPS) is 19.4. The van der Waals surface area contributed by atoms with Gasteiger partial charge in [0.2, 0.25) is 0 Å². The van der Waals surface area contributed by atoms with Crippen LogP contribution in [-0.4, -0.2) is 30.8 Å². The molecule has 1 unspecified atom stereocenters. The highest BCUT2D eigenvalue weighted by Crippen LogP contribution is 2.31. The van der Waals surface area contributed by atoms with Gasteiger partial charge in [-0.1, -0.05) is 22.9 Å². The number of carbonyl (C=O) groups excluding carboxylic acids is 2. The molecule has 0 spiro atoms. The molecule has 1 aromatic carbocycles. The van der Waals surface area contributed by atoms with Crippen molar-refractivity contribution < 1.29 is 9.59 Å². The van der Waals surface area contributed by atoms with E-state index < -0.39 is 11.7 Å². The molecule has 0 radical (unpaired) electrons. The van der Waals surface area contributed by atoms with Crippen LogP contribution in [0, 0.1) is 5.92 Å². The third-order valence-corrected chi connectivity index (χ3v) is 4.25. The summed E-state index contributed by atoms with van der Waals surface area (Å²) in [5.41, 5.74) is 1.24. The lowest BCUT2D eigenvalue weighted by molar-refractivity contribution is -0.114. The maximum absolute atomic E-state index is 12.1. The average molecular weight is 337 g/mol. The molecule has 1 N–H and O–H groups in total. The zero-order valence-corrected chi connectivity index (χ0v) is 12.9. The van der Waals surface area contributed by atoms with Gasteiger partial charge < -0.3 is 10.2 Å². The highest BCUT2D eigenvalue weighted by molar-refractivity contribution is 9.10. The number of rotatable bonds is 5. The van der Waals surface area contributed by atoms with Crippen molar-refractivity contribution in [2.45, 2.75) is 25.8 Å². The summed E-state index contributed by atoms with van der Waals surface area (Å²) < 4.78 is 0.822. The van der Waals surface area contributed by atoms with Crippen molar-refractivity contribution >= 4 is 33.3 Å². The number of nitrogens with one attached hydrogen (secondary N) is 1. The van der Waals surface area contributed by atoms with E-state index in [2.05, 4.69) is 28.2 Å². The highest BCUT2D eigenvalue weighted by Gasteiger charge is 2.36. The fourth-order valence-electron chi connectivity index (χ4n) is 2.49. The molecule has 1 amide bonds. The Morgan fingerprint density at radius 2 is 2.15 bits per heavy atom. The largest absolute Gasteiger partial charge is 0.314 e. The van der Waals surface area contributed by atoms with Gasteiger partial charge in [-0.25, -0.2) is 0 Å². The van der Waals surface area contributed by atoms with Gasteiger partial charge >= 0.3 is 0 Å². The van der Waals surface area contributed by atoms with Crippen LogP contribution in [0.2, 0.25) is 0 Å². The summed E-state index contributed by atoms with van der Waals surface area (Å²) in [6, 6.07) is 6.09. The molecule has 1 fully saturated rings. The van der Waals surface area contributed by atoms with Gasteiger partial charge in [0.1, 0.15) is 0 Å². The molecule has 1 aromatic rings. The molecular weight excluding hydrogens is 320 g/mol. The van der Waals surface area contributed by atoms with Crippen molar-refractivity contribution in [2.24, 2.45) is 5.92 Å². The first-order chi connectivity index (χ1) is 9.56. The maximum Gasteiger partial charge on any atom is 0.299 e. The molecule has 0 bridgehead atoms. The van der Waals surface area contributed by atoms with Gasteiger partial charge in [0, 0.05) is 17.1 Å². The number of fused-ring (bicyclic) bond motifs is 1. The monoisotopic (exact) mass is 336 g/mol. The van der Waals surface area contributed by atoms with Crippen molar-refractivity contribution in [1.29, 1.82) is 0 Å². The topological polar surface area (TPSA) is 49.4 Å². The van der Waals surface area contributed by atoms with Crippen molar-refractivity contribution in [3.8, 4) is 0 Å². The lowest BCUT2D eigenvalue weighted by atomic mass is 10.1. The Bertz CT molecular complexity index is 569. The van der Waals surface area contributed by atoms with Gasteiger partial charge in [-0.3, -0.25) is 9.59 Å². The Kier molecular flexibility index (Phi) is 3.65. The molecule has 1 aliphatic carbocycles. The van der Waals surface area contributed by atoms with Crippen molar-refractivity contribution in [1.82, 2.24) is 5.32 Å². The number of hydrogen-bond acceptors (Lipinski definition) is 3. The van der Waals surface area contributed by atoms with Gasteiger partial charge in [0.25, 0.3) is 11.7 Å². The molecule has 1 aliphatic heterocycles. The first kappa shape index (κ1) is 13.8. The molecule has 20 heavy (non-hydrogen) atoms. The Labute approximate surface area is 126 Å². The third kappa shape index (κ3) is 2.65. The van der Waals surface area contributed by atoms with E-state index in [1.807, 2.05) is 12.1 Å². The van der Waals surface area contributed by atoms with Crippen LogP contribution in [-0.2, 0) is 4.79 Å². The zero-order valence-electron chi connectivity index (χ0n) is 11.4. The van der Waals surface area contributed by atoms with E-state index in [1.54, 1.807) is 11.0 Å². The summed E-state index contributed by atoms with van der Waals surface area (Å²) in [5, 5.41) is 3.46. The van der Waals surface area contributed by atoms with E-state index in [0.717, 1.165) is 16.7 Å². The molecule has 0 aromatic heterocycles. The Morgan fingerprint density at radius 1 is 1.40 bits per heavy atom. The molecule has 4 nitrogen and oxygen atoms in total. The van der Waals surface area contributed by atoms with Gasteiger partial charge in [-0.2, -0.15) is 0 Å². The highest BCUT2D eigenvalue weighted by atomic mass is 79.9. The number of anilines is 1. The van der Waals surface area contributed by atoms with Crippen LogP contribution < -0.4 is 10.2 Å². The van der Waals surface area contributed by atoms with Crippen LogP contribution >= 0.6 is 15.9 Å². The van der Waals surface area contributed by atoms with Crippen LogP contribution in [0.25, 0.3) is 0 Å². The minimum atomic E-state index is -0.406. The lowest BCUT2D eigenvalue weighted by Crippen LogP contribution is -2.37. The van der Waals surface area contributed by atoms with E-state index in [1.165, 1.54) is 12.8 Å². The first-order valence-electron chi connectivity index (χ1n) is 6.95. The number of ketones is 1. The van der Waals surface area contributed by atoms with Gasteiger partial charge in [-0.15, -0.1) is 0 Å². The van der Waals surface area contributed by atoms with Crippen LogP contribution in [0.5, 0.6) is 0 Å². The molecular formula is C15H17BrN2O2. The minimum absolute atomic E-state index is 0.321. The summed E-state index contributed by atoms with van der Waals surface area (Å²) in [6.45, 7) is 3.57. The Balaban J connectivity index is 1.73. The number of nitrogens with zero attached hydrogens (tertiary/aromatic N) is 1. The number of Topliss-reactive ketones (excluding diaryl/α,β-unsaturated/α-hetero) is 1. The molecule has 0 saturated heterocycles. The third-order valence-electron chi connectivity index (χ3n) is 3.76. The fourth-order valence-corrected chi connectivity index (χ4v) is 2.85. The van der Waals surface area contributed by atoms with Crippen molar-refractivity contribution in [2.75, 3.05) is 18.0 Å². The molecule has 106 valence electrons. The van der Waals surface area contributed by atoms with E-state index in [4.69, 9.17) is 0 Å². The summed E-state index contributed by atoms with van der Waals surface area (Å²) in [6.07, 6.45) is 2.51. The number of hydrogen-bond donors (Lipinski definition) is 1. The SMILES string of the molecule is CC(CNC1CC1)CN1C(=O)C(=O)c2cc(Br)ccc21. The predicted octanol–water partition coefficient (Wildman–Crippen LogP) is 2.37.